The molecule has 0 aliphatic heterocycles. The van der Waals surface area contributed by atoms with Crippen LogP contribution in [0.3, 0.4) is 0 Å². The van der Waals surface area contributed by atoms with E-state index in [1.54, 1.807) is 0 Å². The van der Waals surface area contributed by atoms with Crippen LogP contribution in [0.2, 0.25) is 0 Å². The third-order valence-electron chi connectivity index (χ3n) is 8.89. The van der Waals surface area contributed by atoms with Crippen molar-refractivity contribution in [2.45, 2.75) is 0 Å². The zero-order valence-corrected chi connectivity index (χ0v) is 24.0. The van der Waals surface area contributed by atoms with Crippen LogP contribution in [-0.4, -0.2) is 28.5 Å². The molecule has 0 aliphatic rings. The highest BCUT2D eigenvalue weighted by atomic mass is 15.2. The highest BCUT2D eigenvalue weighted by Crippen LogP contribution is 2.36. The Hall–Kier alpha value is -6.27. The van der Waals surface area contributed by atoms with E-state index in [2.05, 4.69) is 128 Å². The van der Waals surface area contributed by atoms with E-state index in [9.17, 15) is 0 Å². The lowest BCUT2D eigenvalue weighted by molar-refractivity contribution is 1.11. The largest absolute Gasteiger partial charge is 0.309 e. The van der Waals surface area contributed by atoms with Gasteiger partial charge in [0.2, 0.25) is 5.78 Å². The molecule has 0 radical (unpaired) electrons. The molecule has 0 spiro atoms. The van der Waals surface area contributed by atoms with Gasteiger partial charge in [-0.05, 0) is 78.9 Å². The maximum Gasteiger partial charge on any atom is 0.220 e. The Balaban J connectivity index is 1.16. The summed E-state index contributed by atoms with van der Waals surface area (Å²) in [5.41, 5.74) is 10.8. The third-order valence-corrected chi connectivity index (χ3v) is 8.89. The topological polar surface area (TPSA) is 52.9 Å². The average Bonchev–Trinajstić information content (AvgIpc) is 3.75. The molecule has 10 aromatic rings. The van der Waals surface area contributed by atoms with Crippen molar-refractivity contribution >= 4 is 60.6 Å². The molecule has 0 saturated heterocycles. The second-order valence-electron chi connectivity index (χ2n) is 11.4. The van der Waals surface area contributed by atoms with Crippen LogP contribution >= 0.6 is 0 Å². The van der Waals surface area contributed by atoms with Crippen LogP contribution in [0.25, 0.3) is 83.3 Å². The van der Waals surface area contributed by atoms with Crippen molar-refractivity contribution in [2.24, 2.45) is 0 Å². The van der Waals surface area contributed by atoms with Crippen molar-refractivity contribution in [1.29, 1.82) is 0 Å². The van der Waals surface area contributed by atoms with Gasteiger partial charge in [-0.2, -0.15) is 0 Å². The molecule has 0 amide bonds. The molecule has 6 heteroatoms. The quantitative estimate of drug-likeness (QED) is 0.211. The Morgan fingerprint density at radius 1 is 0.444 bits per heavy atom. The van der Waals surface area contributed by atoms with Gasteiger partial charge >= 0.3 is 0 Å². The second-order valence-corrected chi connectivity index (χ2v) is 11.4. The van der Waals surface area contributed by atoms with Crippen LogP contribution in [0, 0.1) is 0 Å². The van der Waals surface area contributed by atoms with Crippen LogP contribution in [-0.2, 0) is 0 Å². The Bertz CT molecular complexity index is 2760. The molecule has 0 N–H and O–H groups in total. The van der Waals surface area contributed by atoms with Crippen molar-refractivity contribution in [3.63, 3.8) is 0 Å². The number of nitrogens with zero attached hydrogens (tertiary/aromatic N) is 6. The van der Waals surface area contributed by atoms with Gasteiger partial charge in [-0.25, -0.2) is 15.0 Å². The number of aromatic nitrogens is 6. The summed E-state index contributed by atoms with van der Waals surface area (Å²) in [5, 5.41) is 3.44. The second kappa shape index (κ2) is 9.11. The van der Waals surface area contributed by atoms with Crippen molar-refractivity contribution in [3.05, 3.63) is 146 Å². The monoisotopic (exact) mass is 576 g/mol. The van der Waals surface area contributed by atoms with Crippen LogP contribution in [0.5, 0.6) is 0 Å². The maximum atomic E-state index is 5.08. The summed E-state index contributed by atoms with van der Waals surface area (Å²) in [4.78, 5) is 14.5. The van der Waals surface area contributed by atoms with Crippen molar-refractivity contribution < 1.29 is 0 Å². The number of fused-ring (bicyclic) bond motifs is 9. The minimum Gasteiger partial charge on any atom is -0.309 e. The lowest BCUT2D eigenvalue weighted by Crippen LogP contribution is -1.97. The van der Waals surface area contributed by atoms with E-state index in [1.165, 1.54) is 10.8 Å². The van der Waals surface area contributed by atoms with E-state index in [0.717, 1.165) is 72.5 Å². The molecule has 6 aromatic carbocycles. The van der Waals surface area contributed by atoms with Gasteiger partial charge in [-0.3, -0.25) is 8.97 Å². The standard InChI is InChI=1S/C39H24N6/c1-3-11-31-26(9-1)24-40-38(41-31)25-17-19-27(20-18-25)43-33-13-5-2-10-29(33)30-23-28(21-22-34(30)43)44-36-15-7-8-16-37(36)45-35-14-6-4-12-32(35)42-39(44)45/h1-24H. The molecule has 6 nitrogen and oxygen atoms in total. The molecule has 0 aliphatic carbocycles. The fourth-order valence-corrected chi connectivity index (χ4v) is 6.85. The molecule has 4 aromatic heterocycles. The van der Waals surface area contributed by atoms with Gasteiger partial charge in [-0.1, -0.05) is 60.7 Å². The number of hydrogen-bond donors (Lipinski definition) is 0. The summed E-state index contributed by atoms with van der Waals surface area (Å²) in [7, 11) is 0. The van der Waals surface area contributed by atoms with Crippen LogP contribution in [0.1, 0.15) is 0 Å². The Morgan fingerprint density at radius 2 is 1.11 bits per heavy atom. The van der Waals surface area contributed by atoms with Crippen molar-refractivity contribution in [3.8, 4) is 22.8 Å². The summed E-state index contributed by atoms with van der Waals surface area (Å²) in [6.07, 6.45) is 1.89. The van der Waals surface area contributed by atoms with Crippen molar-refractivity contribution in [2.75, 3.05) is 0 Å². The third kappa shape index (κ3) is 3.48. The lowest BCUT2D eigenvalue weighted by Gasteiger charge is -2.10. The van der Waals surface area contributed by atoms with E-state index in [0.29, 0.717) is 0 Å². The van der Waals surface area contributed by atoms with E-state index in [4.69, 9.17) is 9.97 Å². The summed E-state index contributed by atoms with van der Waals surface area (Å²) in [6.45, 7) is 0. The van der Waals surface area contributed by atoms with Gasteiger partial charge in [0, 0.05) is 39.3 Å². The number of hydrogen-bond acceptors (Lipinski definition) is 3. The highest BCUT2D eigenvalue weighted by molar-refractivity contribution is 6.10. The van der Waals surface area contributed by atoms with Crippen LogP contribution < -0.4 is 0 Å². The first kappa shape index (κ1) is 24.2. The number of benzene rings is 6. The molecule has 210 valence electrons. The number of rotatable bonds is 3. The van der Waals surface area contributed by atoms with E-state index >= 15 is 0 Å². The Morgan fingerprint density at radius 3 is 1.98 bits per heavy atom. The fraction of sp³-hybridized carbons (Fsp3) is 0. The normalized spacial score (nSPS) is 12.0. The number of imidazole rings is 2. The van der Waals surface area contributed by atoms with Gasteiger partial charge in [0.15, 0.2) is 5.82 Å². The van der Waals surface area contributed by atoms with Gasteiger partial charge < -0.3 is 4.57 Å². The minimum absolute atomic E-state index is 0.726. The molecule has 10 rings (SSSR count). The van der Waals surface area contributed by atoms with E-state index in [1.807, 2.05) is 36.5 Å². The van der Waals surface area contributed by atoms with Crippen molar-refractivity contribution in [1.82, 2.24) is 28.5 Å². The van der Waals surface area contributed by atoms with Gasteiger partial charge in [-0.15, -0.1) is 0 Å². The van der Waals surface area contributed by atoms with Gasteiger partial charge in [0.1, 0.15) is 0 Å². The average molecular weight is 577 g/mol. The van der Waals surface area contributed by atoms with Gasteiger partial charge in [0.05, 0.1) is 38.6 Å². The first-order chi connectivity index (χ1) is 22.3. The summed E-state index contributed by atoms with van der Waals surface area (Å²) in [6, 6.07) is 48.9. The van der Waals surface area contributed by atoms with E-state index in [-0.39, 0.29) is 0 Å². The summed E-state index contributed by atoms with van der Waals surface area (Å²) in [5.74, 6) is 1.64. The molecule has 45 heavy (non-hydrogen) atoms. The predicted molar refractivity (Wildman–Crippen MR) is 182 cm³/mol. The zero-order chi connectivity index (χ0) is 29.5. The van der Waals surface area contributed by atoms with Gasteiger partial charge in [0.25, 0.3) is 0 Å². The highest BCUT2D eigenvalue weighted by Gasteiger charge is 2.19. The summed E-state index contributed by atoms with van der Waals surface area (Å²) >= 11 is 0. The molecule has 4 heterocycles. The molecule has 0 saturated carbocycles. The number of para-hydroxylation sites is 6. The smallest absolute Gasteiger partial charge is 0.220 e. The zero-order valence-electron chi connectivity index (χ0n) is 24.0. The minimum atomic E-state index is 0.726. The first-order valence-corrected chi connectivity index (χ1v) is 15.0. The van der Waals surface area contributed by atoms with E-state index < -0.39 is 0 Å². The Kier molecular flexibility index (Phi) is 4.90. The predicted octanol–water partition coefficient (Wildman–Crippen LogP) is 9.14. The van der Waals surface area contributed by atoms with Crippen LogP contribution in [0.15, 0.2) is 146 Å². The molecule has 0 atom stereocenters. The SMILES string of the molecule is c1ccc2nc(-c3ccc(-n4c5ccccc5c5cc(-n6c7ccccc7n7c8ccccc8nc67)ccc54)cc3)ncc2c1. The summed E-state index contributed by atoms with van der Waals surface area (Å²) < 4.78 is 6.88. The Labute approximate surface area is 257 Å². The molecular weight excluding hydrogens is 552 g/mol. The molecule has 0 unspecified atom stereocenters. The first-order valence-electron chi connectivity index (χ1n) is 15.0. The van der Waals surface area contributed by atoms with Crippen LogP contribution in [0.4, 0.5) is 0 Å². The maximum absolute atomic E-state index is 5.08. The molecule has 0 bridgehead atoms. The molecule has 0 fully saturated rings. The lowest BCUT2D eigenvalue weighted by atomic mass is 10.1. The molecular formula is C39H24N6. The fourth-order valence-electron chi connectivity index (χ4n) is 6.85.